The van der Waals surface area contributed by atoms with Crippen LogP contribution in [0, 0.1) is 26.3 Å². The Morgan fingerprint density at radius 1 is 0.952 bits per heavy atom. The average Bonchev–Trinajstić information content (AvgIpc) is 2.47. The van der Waals surface area contributed by atoms with Crippen molar-refractivity contribution in [3.8, 4) is 11.1 Å². The molecule has 1 atom stereocenters. The predicted molar refractivity (Wildman–Crippen MR) is 75.6 cm³/mol. The van der Waals surface area contributed by atoms with Crippen LogP contribution in [-0.2, 0) is 5.54 Å². The summed E-state index contributed by atoms with van der Waals surface area (Å²) in [7, 11) is 0. The van der Waals surface area contributed by atoms with Crippen LogP contribution in [0.5, 0.6) is 0 Å². The standard InChI is InChI=1S/C15H11N2O4/c1-15(17(20)21)13-9-5-4-7-11(13)10-6-2-3-8-12(10)14(15)16(18)19/h2-9H,1H3/q-1. The van der Waals surface area contributed by atoms with Crippen LogP contribution in [-0.4, -0.2) is 9.85 Å². The molecular formula is C15H11N2O4-. The van der Waals surface area contributed by atoms with Crippen molar-refractivity contribution in [2.75, 3.05) is 0 Å². The Morgan fingerprint density at radius 3 is 2.14 bits per heavy atom. The largest absolute Gasteiger partial charge is 0.290 e. The molecule has 0 amide bonds. The fraction of sp³-hybridized carbons (Fsp3) is 0.133. The molecule has 0 radical (unpaired) electrons. The van der Waals surface area contributed by atoms with Crippen LogP contribution in [0.4, 0.5) is 0 Å². The summed E-state index contributed by atoms with van der Waals surface area (Å²) in [5.41, 5.74) is 0.104. The lowest BCUT2D eigenvalue weighted by atomic mass is 9.71. The van der Waals surface area contributed by atoms with Crippen LogP contribution in [0.15, 0.2) is 48.5 Å². The van der Waals surface area contributed by atoms with E-state index in [1.165, 1.54) is 6.92 Å². The molecule has 6 heteroatoms. The van der Waals surface area contributed by atoms with Crippen molar-refractivity contribution in [2.24, 2.45) is 0 Å². The number of nitrogens with zero attached hydrogens (tertiary/aromatic N) is 2. The zero-order valence-corrected chi connectivity index (χ0v) is 11.1. The molecule has 21 heavy (non-hydrogen) atoms. The summed E-state index contributed by atoms with van der Waals surface area (Å²) in [5.74, 6) is 0. The molecule has 0 aromatic heterocycles. The number of nitro groups is 2. The Kier molecular flexibility index (Phi) is 2.69. The molecule has 2 aromatic rings. The van der Waals surface area contributed by atoms with Crippen LogP contribution in [0.25, 0.3) is 11.1 Å². The van der Waals surface area contributed by atoms with Crippen molar-refractivity contribution in [1.82, 2.24) is 0 Å². The van der Waals surface area contributed by atoms with Crippen LogP contribution in [0.3, 0.4) is 0 Å². The molecule has 1 unspecified atom stereocenters. The predicted octanol–water partition coefficient (Wildman–Crippen LogP) is 3.02. The van der Waals surface area contributed by atoms with E-state index in [9.17, 15) is 20.2 Å². The Labute approximate surface area is 120 Å². The summed E-state index contributed by atoms with van der Waals surface area (Å²) in [6, 6.07) is 13.1. The van der Waals surface area contributed by atoms with Crippen molar-refractivity contribution in [3.63, 3.8) is 0 Å². The van der Waals surface area contributed by atoms with Gasteiger partial charge in [0.15, 0.2) is 0 Å². The molecule has 2 aromatic carbocycles. The number of fused-ring (bicyclic) bond motifs is 3. The number of hydrogen-bond acceptors (Lipinski definition) is 4. The second-order valence-corrected chi connectivity index (χ2v) is 5.03. The zero-order chi connectivity index (χ0) is 15.2. The molecule has 0 N–H and O–H groups in total. The molecule has 0 heterocycles. The lowest BCUT2D eigenvalue weighted by Crippen LogP contribution is -2.45. The first kappa shape index (κ1) is 13.1. The van der Waals surface area contributed by atoms with Gasteiger partial charge in [0.05, 0.1) is 0 Å². The fourth-order valence-electron chi connectivity index (χ4n) is 2.92. The molecule has 3 rings (SSSR count). The second kappa shape index (κ2) is 4.31. The van der Waals surface area contributed by atoms with E-state index in [2.05, 4.69) is 0 Å². The van der Waals surface area contributed by atoms with Gasteiger partial charge in [0.25, 0.3) is 5.54 Å². The highest BCUT2D eigenvalue weighted by atomic mass is 16.6. The molecular weight excluding hydrogens is 272 g/mol. The summed E-state index contributed by atoms with van der Waals surface area (Å²) in [5, 5.41) is 23.2. The Morgan fingerprint density at radius 2 is 1.52 bits per heavy atom. The minimum absolute atomic E-state index is 0.306. The Balaban J connectivity index is 2.43. The quantitative estimate of drug-likeness (QED) is 0.481. The smallest absolute Gasteiger partial charge is 0.270 e. The molecule has 1 aliphatic rings. The van der Waals surface area contributed by atoms with Gasteiger partial charge in [-0.3, -0.25) is 20.2 Å². The summed E-state index contributed by atoms with van der Waals surface area (Å²) in [4.78, 5) is 21.9. The van der Waals surface area contributed by atoms with E-state index >= 15 is 0 Å². The highest BCUT2D eigenvalue weighted by Crippen LogP contribution is 2.50. The number of benzene rings is 2. The third kappa shape index (κ3) is 1.62. The van der Waals surface area contributed by atoms with E-state index in [0.29, 0.717) is 22.3 Å². The van der Waals surface area contributed by atoms with E-state index in [0.717, 1.165) is 0 Å². The molecule has 0 aliphatic heterocycles. The van der Waals surface area contributed by atoms with Gasteiger partial charge in [-0.05, 0) is 0 Å². The molecule has 0 fully saturated rings. The highest BCUT2D eigenvalue weighted by Gasteiger charge is 2.55. The Hall–Kier alpha value is -2.89. The molecule has 0 bridgehead atoms. The van der Waals surface area contributed by atoms with Gasteiger partial charge in [-0.1, -0.05) is 35.9 Å². The SMILES string of the molecule is CC1([N+](=O)[O-])c2ccccc2-c2ccccc2[C-]1[N+](=O)[O-]. The van der Waals surface area contributed by atoms with Gasteiger partial charge in [0.2, 0.25) is 6.04 Å². The first-order valence-corrected chi connectivity index (χ1v) is 6.33. The topological polar surface area (TPSA) is 86.3 Å². The van der Waals surface area contributed by atoms with Crippen LogP contribution in [0.2, 0.25) is 0 Å². The van der Waals surface area contributed by atoms with Crippen molar-refractivity contribution >= 4 is 0 Å². The van der Waals surface area contributed by atoms with Crippen LogP contribution in [0.1, 0.15) is 18.1 Å². The van der Waals surface area contributed by atoms with Gasteiger partial charge < -0.3 is 0 Å². The lowest BCUT2D eigenvalue weighted by Gasteiger charge is -2.37. The van der Waals surface area contributed by atoms with Gasteiger partial charge in [-0.25, -0.2) is 0 Å². The number of rotatable bonds is 2. The molecule has 0 spiro atoms. The van der Waals surface area contributed by atoms with Gasteiger partial charge in [-0.2, -0.15) is 6.07 Å². The van der Waals surface area contributed by atoms with Gasteiger partial charge in [-0.15, -0.1) is 23.3 Å². The number of hydrogen-bond donors (Lipinski definition) is 0. The first-order chi connectivity index (χ1) is 9.98. The maximum Gasteiger partial charge on any atom is 0.290 e. The summed E-state index contributed by atoms with van der Waals surface area (Å²) >= 11 is 0. The summed E-state index contributed by atoms with van der Waals surface area (Å²) in [6.07, 6.45) is 0. The van der Waals surface area contributed by atoms with Crippen molar-refractivity contribution in [3.05, 3.63) is 85.9 Å². The summed E-state index contributed by atoms with van der Waals surface area (Å²) < 4.78 is 0. The van der Waals surface area contributed by atoms with Gasteiger partial charge in [0, 0.05) is 22.3 Å². The maximum absolute atomic E-state index is 11.6. The van der Waals surface area contributed by atoms with E-state index in [1.54, 1.807) is 48.5 Å². The van der Waals surface area contributed by atoms with E-state index in [-0.39, 0.29) is 6.04 Å². The molecule has 0 saturated heterocycles. The minimum atomic E-state index is -1.87. The Bertz CT molecular complexity index is 759. The molecule has 1 aliphatic carbocycles. The third-order valence-corrected chi connectivity index (χ3v) is 3.93. The van der Waals surface area contributed by atoms with E-state index < -0.39 is 15.4 Å². The average molecular weight is 283 g/mol. The van der Waals surface area contributed by atoms with E-state index in [1.807, 2.05) is 0 Å². The van der Waals surface area contributed by atoms with E-state index in [4.69, 9.17) is 0 Å². The lowest BCUT2D eigenvalue weighted by molar-refractivity contribution is -0.618. The highest BCUT2D eigenvalue weighted by molar-refractivity contribution is 5.78. The third-order valence-electron chi connectivity index (χ3n) is 3.93. The molecule has 0 saturated carbocycles. The molecule has 106 valence electrons. The molecule has 6 nitrogen and oxygen atoms in total. The van der Waals surface area contributed by atoms with Gasteiger partial charge in [0.1, 0.15) is 0 Å². The van der Waals surface area contributed by atoms with Crippen molar-refractivity contribution in [1.29, 1.82) is 0 Å². The first-order valence-electron chi connectivity index (χ1n) is 6.33. The normalized spacial score (nSPS) is 19.6. The zero-order valence-electron chi connectivity index (χ0n) is 11.1. The van der Waals surface area contributed by atoms with Crippen LogP contribution >= 0.6 is 0 Å². The maximum atomic E-state index is 11.6. The summed E-state index contributed by atoms with van der Waals surface area (Å²) in [6.45, 7) is 1.29. The fourth-order valence-corrected chi connectivity index (χ4v) is 2.92. The monoisotopic (exact) mass is 283 g/mol. The van der Waals surface area contributed by atoms with Crippen molar-refractivity contribution < 1.29 is 9.85 Å². The van der Waals surface area contributed by atoms with Crippen molar-refractivity contribution in [2.45, 2.75) is 12.5 Å². The minimum Gasteiger partial charge on any atom is -0.270 e. The van der Waals surface area contributed by atoms with Gasteiger partial charge >= 0.3 is 0 Å². The van der Waals surface area contributed by atoms with Crippen LogP contribution < -0.4 is 0 Å². The second-order valence-electron chi connectivity index (χ2n) is 5.03.